The molecule has 1 aromatic carbocycles. The molecule has 4 rings (SSSR count). The summed E-state index contributed by atoms with van der Waals surface area (Å²) in [5, 5.41) is 1.26. The van der Waals surface area contributed by atoms with Crippen LogP contribution in [0.25, 0.3) is 15.7 Å². The molecule has 20 heavy (non-hydrogen) atoms. The maximum Gasteiger partial charge on any atom is 0.187 e. The monoisotopic (exact) mass is 265 g/mol. The van der Waals surface area contributed by atoms with E-state index in [4.69, 9.17) is 6.57 Å². The number of hydrogen-bond donors (Lipinski definition) is 1. The fraction of sp³-hybridized carbons (Fsp3) is 0.471. The minimum Gasteiger partial charge on any atom is -0.361 e. The highest BCUT2D eigenvalue weighted by Crippen LogP contribution is 2.50. The second-order valence-electron chi connectivity index (χ2n) is 6.20. The normalized spacial score (nSPS) is 25.9. The number of likely N-dealkylation sites (tertiary alicyclic amines) is 1. The molecule has 3 nitrogen and oxygen atoms in total. The Labute approximate surface area is 119 Å². The summed E-state index contributed by atoms with van der Waals surface area (Å²) in [5.74, 6) is 1.52. The molecule has 2 unspecified atom stereocenters. The van der Waals surface area contributed by atoms with Crippen LogP contribution < -0.4 is 0 Å². The SMILES string of the molecule is [C-]#[N+]c1ccc2[nH]cc(C3CC3CN3CCCC3)c2c1. The van der Waals surface area contributed by atoms with Gasteiger partial charge in [-0.3, -0.25) is 0 Å². The molecule has 2 fully saturated rings. The second kappa shape index (κ2) is 4.64. The van der Waals surface area contributed by atoms with Gasteiger partial charge in [-0.25, -0.2) is 4.85 Å². The average molecular weight is 265 g/mol. The van der Waals surface area contributed by atoms with Crippen molar-refractivity contribution in [2.45, 2.75) is 25.2 Å². The Morgan fingerprint density at radius 1 is 1.30 bits per heavy atom. The minimum absolute atomic E-state index is 0.699. The Hall–Kier alpha value is -1.79. The van der Waals surface area contributed by atoms with Crippen molar-refractivity contribution in [2.24, 2.45) is 5.92 Å². The van der Waals surface area contributed by atoms with E-state index in [2.05, 4.69) is 20.9 Å². The van der Waals surface area contributed by atoms with Gasteiger partial charge in [0.15, 0.2) is 5.69 Å². The lowest BCUT2D eigenvalue weighted by Gasteiger charge is -2.13. The van der Waals surface area contributed by atoms with Crippen molar-refractivity contribution in [1.82, 2.24) is 9.88 Å². The number of nitrogens with zero attached hydrogens (tertiary/aromatic N) is 2. The van der Waals surface area contributed by atoms with E-state index in [0.29, 0.717) is 5.92 Å². The zero-order valence-electron chi connectivity index (χ0n) is 11.6. The van der Waals surface area contributed by atoms with Crippen LogP contribution in [0.3, 0.4) is 0 Å². The smallest absolute Gasteiger partial charge is 0.187 e. The van der Waals surface area contributed by atoms with Gasteiger partial charge >= 0.3 is 0 Å². The fourth-order valence-corrected chi connectivity index (χ4v) is 3.63. The molecule has 2 heterocycles. The summed E-state index contributed by atoms with van der Waals surface area (Å²) in [6, 6.07) is 5.97. The van der Waals surface area contributed by atoms with Crippen molar-refractivity contribution in [3.63, 3.8) is 0 Å². The van der Waals surface area contributed by atoms with Gasteiger partial charge in [-0.2, -0.15) is 0 Å². The lowest BCUT2D eigenvalue weighted by atomic mass is 10.1. The summed E-state index contributed by atoms with van der Waals surface area (Å²) in [6.07, 6.45) is 6.22. The molecule has 1 N–H and O–H groups in total. The third-order valence-electron chi connectivity index (χ3n) is 4.84. The van der Waals surface area contributed by atoms with Crippen LogP contribution in [-0.2, 0) is 0 Å². The molecule has 1 saturated heterocycles. The number of rotatable bonds is 3. The van der Waals surface area contributed by atoms with Crippen LogP contribution in [0, 0.1) is 12.5 Å². The van der Waals surface area contributed by atoms with Crippen molar-refractivity contribution in [3.05, 3.63) is 41.4 Å². The Kier molecular flexibility index (Phi) is 2.78. The molecule has 0 radical (unpaired) electrons. The zero-order valence-corrected chi connectivity index (χ0v) is 11.6. The van der Waals surface area contributed by atoms with Gasteiger partial charge < -0.3 is 9.88 Å². The topological polar surface area (TPSA) is 23.4 Å². The van der Waals surface area contributed by atoms with E-state index >= 15 is 0 Å². The van der Waals surface area contributed by atoms with E-state index in [1.807, 2.05) is 18.2 Å². The van der Waals surface area contributed by atoms with Crippen LogP contribution >= 0.6 is 0 Å². The first-order valence-corrected chi connectivity index (χ1v) is 7.56. The Morgan fingerprint density at radius 3 is 2.95 bits per heavy atom. The molecule has 2 aromatic rings. The number of aromatic nitrogens is 1. The van der Waals surface area contributed by atoms with Gasteiger partial charge in [0.1, 0.15) is 0 Å². The maximum absolute atomic E-state index is 7.16. The largest absolute Gasteiger partial charge is 0.361 e. The van der Waals surface area contributed by atoms with Crippen molar-refractivity contribution in [1.29, 1.82) is 0 Å². The van der Waals surface area contributed by atoms with E-state index in [0.717, 1.165) is 11.6 Å². The molecular formula is C17H19N3. The lowest BCUT2D eigenvalue weighted by Crippen LogP contribution is -2.22. The van der Waals surface area contributed by atoms with Crippen molar-refractivity contribution in [3.8, 4) is 0 Å². The van der Waals surface area contributed by atoms with E-state index in [1.54, 1.807) is 0 Å². The summed E-state index contributed by atoms with van der Waals surface area (Å²) >= 11 is 0. The molecule has 1 saturated carbocycles. The molecule has 3 heteroatoms. The quantitative estimate of drug-likeness (QED) is 0.835. The van der Waals surface area contributed by atoms with Gasteiger partial charge in [0.05, 0.1) is 6.57 Å². The highest BCUT2D eigenvalue weighted by atomic mass is 15.1. The molecule has 1 aliphatic heterocycles. The number of benzene rings is 1. The fourth-order valence-electron chi connectivity index (χ4n) is 3.63. The standard InChI is InChI=1S/C17H19N3/c1-18-13-4-5-17-15(9-13)16(10-19-17)14-8-12(14)11-20-6-2-3-7-20/h4-5,9-10,12,14,19H,2-3,6-8,11H2. The molecule has 1 aromatic heterocycles. The molecule has 102 valence electrons. The number of hydrogen-bond acceptors (Lipinski definition) is 1. The summed E-state index contributed by atoms with van der Waals surface area (Å²) in [4.78, 5) is 9.52. The number of aromatic amines is 1. The van der Waals surface area contributed by atoms with Crippen molar-refractivity contribution >= 4 is 16.6 Å². The van der Waals surface area contributed by atoms with Gasteiger partial charge in [0.25, 0.3) is 0 Å². The van der Waals surface area contributed by atoms with E-state index < -0.39 is 0 Å². The molecule has 2 atom stereocenters. The summed E-state index contributed by atoms with van der Waals surface area (Å²) in [7, 11) is 0. The minimum atomic E-state index is 0.699. The first kappa shape index (κ1) is 12.0. The predicted octanol–water partition coefficient (Wildman–Crippen LogP) is 3.92. The Balaban J connectivity index is 1.56. The van der Waals surface area contributed by atoms with Crippen LogP contribution in [0.15, 0.2) is 24.4 Å². The zero-order chi connectivity index (χ0) is 13.5. The molecule has 0 bridgehead atoms. The molecule has 1 aliphatic carbocycles. The van der Waals surface area contributed by atoms with Crippen LogP contribution in [0.4, 0.5) is 5.69 Å². The Morgan fingerprint density at radius 2 is 2.15 bits per heavy atom. The van der Waals surface area contributed by atoms with Crippen molar-refractivity contribution in [2.75, 3.05) is 19.6 Å². The predicted molar refractivity (Wildman–Crippen MR) is 81.1 cm³/mol. The van der Waals surface area contributed by atoms with Gasteiger partial charge in [0, 0.05) is 18.3 Å². The van der Waals surface area contributed by atoms with E-state index in [-0.39, 0.29) is 0 Å². The second-order valence-corrected chi connectivity index (χ2v) is 6.20. The van der Waals surface area contributed by atoms with E-state index in [1.165, 1.54) is 55.4 Å². The number of nitrogens with one attached hydrogen (secondary N) is 1. The Bertz CT molecular complexity index is 673. The van der Waals surface area contributed by atoms with Crippen LogP contribution in [0.1, 0.15) is 30.7 Å². The van der Waals surface area contributed by atoms with Crippen LogP contribution in [-0.4, -0.2) is 29.5 Å². The molecule has 0 spiro atoms. The third-order valence-corrected chi connectivity index (χ3v) is 4.84. The van der Waals surface area contributed by atoms with Crippen LogP contribution in [0.2, 0.25) is 0 Å². The number of H-pyrrole nitrogens is 1. The lowest BCUT2D eigenvalue weighted by molar-refractivity contribution is 0.322. The first-order valence-electron chi connectivity index (χ1n) is 7.56. The van der Waals surface area contributed by atoms with Gasteiger partial charge in [0.2, 0.25) is 0 Å². The third kappa shape index (κ3) is 2.01. The summed E-state index contributed by atoms with van der Waals surface area (Å²) < 4.78 is 0. The maximum atomic E-state index is 7.16. The highest BCUT2D eigenvalue weighted by molar-refractivity contribution is 5.87. The molecule has 0 amide bonds. The van der Waals surface area contributed by atoms with E-state index in [9.17, 15) is 0 Å². The molecular weight excluding hydrogens is 246 g/mol. The average Bonchev–Trinajstić information content (AvgIpc) is 2.91. The summed E-state index contributed by atoms with van der Waals surface area (Å²) in [5.41, 5.74) is 3.34. The van der Waals surface area contributed by atoms with Gasteiger partial charge in [-0.1, -0.05) is 6.07 Å². The highest BCUT2D eigenvalue weighted by Gasteiger charge is 2.40. The molecule has 2 aliphatic rings. The van der Waals surface area contributed by atoms with Gasteiger partial charge in [-0.05, 0) is 67.3 Å². The summed E-state index contributed by atoms with van der Waals surface area (Å²) in [6.45, 7) is 11.0. The van der Waals surface area contributed by atoms with Crippen LogP contribution in [0.5, 0.6) is 0 Å². The van der Waals surface area contributed by atoms with Crippen molar-refractivity contribution < 1.29 is 0 Å². The first-order chi connectivity index (χ1) is 9.85. The number of fused-ring (bicyclic) bond motifs is 1. The van der Waals surface area contributed by atoms with Gasteiger partial charge in [-0.15, -0.1) is 0 Å².